The van der Waals surface area contributed by atoms with Gasteiger partial charge in [0.15, 0.2) is 5.96 Å². The van der Waals surface area contributed by atoms with E-state index in [9.17, 15) is 9.90 Å². The number of rotatable bonds is 8. The molecule has 7 nitrogen and oxygen atoms in total. The van der Waals surface area contributed by atoms with Crippen LogP contribution in [0.3, 0.4) is 0 Å². The third-order valence-corrected chi connectivity index (χ3v) is 3.75. The molecule has 3 N–H and O–H groups in total. The molecule has 27 heavy (non-hydrogen) atoms. The maximum absolute atomic E-state index is 12.0. The van der Waals surface area contributed by atoms with Gasteiger partial charge < -0.3 is 25.4 Å². The Morgan fingerprint density at radius 3 is 2.48 bits per heavy atom. The average molecular weight is 379 g/mol. The van der Waals surface area contributed by atoms with Crippen LogP contribution in [-0.2, 0) is 4.74 Å². The summed E-state index contributed by atoms with van der Waals surface area (Å²) in [4.78, 5) is 18.1. The van der Waals surface area contributed by atoms with Crippen LogP contribution in [0.25, 0.3) is 0 Å². The van der Waals surface area contributed by atoms with Crippen LogP contribution in [0.4, 0.5) is 4.79 Å². The number of aliphatic imine (C=N–C) groups is 1. The smallest absolute Gasteiger partial charge is 0.410 e. The van der Waals surface area contributed by atoms with Crippen LogP contribution in [0.2, 0.25) is 0 Å². The summed E-state index contributed by atoms with van der Waals surface area (Å²) in [7, 11) is 1.71. The molecule has 0 saturated heterocycles. The van der Waals surface area contributed by atoms with Crippen molar-refractivity contribution in [2.45, 2.75) is 39.2 Å². The number of likely N-dealkylation sites (N-methyl/N-ethyl adjacent to an activating group) is 1. The minimum absolute atomic E-state index is 0.0360. The number of nitrogens with one attached hydrogen (secondary N) is 2. The fraction of sp³-hybridized carbons (Fsp3) is 0.600. The van der Waals surface area contributed by atoms with Gasteiger partial charge in [-0.25, -0.2) is 4.79 Å². The van der Waals surface area contributed by atoms with Crippen molar-refractivity contribution in [3.05, 3.63) is 35.9 Å². The van der Waals surface area contributed by atoms with Crippen LogP contribution >= 0.6 is 0 Å². The van der Waals surface area contributed by atoms with Crippen LogP contribution in [0, 0.1) is 0 Å². The summed E-state index contributed by atoms with van der Waals surface area (Å²) >= 11 is 0. The minimum atomic E-state index is -0.508. The van der Waals surface area contributed by atoms with E-state index in [4.69, 9.17) is 4.74 Å². The van der Waals surface area contributed by atoms with Crippen LogP contribution in [0.5, 0.6) is 0 Å². The van der Waals surface area contributed by atoms with Gasteiger partial charge in [0.1, 0.15) is 5.60 Å². The van der Waals surface area contributed by atoms with E-state index in [0.717, 1.165) is 12.1 Å². The molecule has 1 aromatic rings. The molecule has 1 unspecified atom stereocenters. The molecular weight excluding hydrogens is 344 g/mol. The molecule has 0 aliphatic heterocycles. The molecule has 1 rings (SSSR count). The summed E-state index contributed by atoms with van der Waals surface area (Å²) < 4.78 is 5.33. The zero-order valence-corrected chi connectivity index (χ0v) is 17.2. The van der Waals surface area contributed by atoms with E-state index in [1.807, 2.05) is 58.0 Å². The van der Waals surface area contributed by atoms with Gasteiger partial charge in [0, 0.05) is 32.6 Å². The van der Waals surface area contributed by atoms with Crippen molar-refractivity contribution in [3.8, 4) is 0 Å². The number of amides is 1. The highest BCUT2D eigenvalue weighted by molar-refractivity contribution is 5.79. The molecule has 152 valence electrons. The van der Waals surface area contributed by atoms with E-state index < -0.39 is 5.60 Å². The molecule has 1 atom stereocenters. The third kappa shape index (κ3) is 9.28. The number of hydrogen-bond donors (Lipinski definition) is 3. The molecule has 0 aliphatic rings. The Bertz CT molecular complexity index is 585. The monoisotopic (exact) mass is 378 g/mol. The zero-order chi connectivity index (χ0) is 20.3. The number of guanidine groups is 1. The zero-order valence-electron chi connectivity index (χ0n) is 17.2. The molecule has 1 amide bonds. The van der Waals surface area contributed by atoms with Crippen molar-refractivity contribution in [1.82, 2.24) is 15.5 Å². The van der Waals surface area contributed by atoms with Gasteiger partial charge in [-0.15, -0.1) is 0 Å². The van der Waals surface area contributed by atoms with Crippen molar-refractivity contribution >= 4 is 12.1 Å². The number of benzene rings is 1. The molecule has 0 aliphatic carbocycles. The predicted molar refractivity (Wildman–Crippen MR) is 109 cm³/mol. The Hall–Kier alpha value is -2.28. The number of aliphatic hydroxyl groups is 1. The topological polar surface area (TPSA) is 86.2 Å². The minimum Gasteiger partial charge on any atom is -0.444 e. The summed E-state index contributed by atoms with van der Waals surface area (Å²) in [5.74, 6) is 0.607. The van der Waals surface area contributed by atoms with Gasteiger partial charge in [0.05, 0.1) is 13.2 Å². The number of nitrogens with zero attached hydrogens (tertiary/aromatic N) is 2. The number of carbonyl (C=O) groups is 1. The van der Waals surface area contributed by atoms with E-state index in [-0.39, 0.29) is 18.6 Å². The first-order valence-electron chi connectivity index (χ1n) is 9.39. The van der Waals surface area contributed by atoms with Crippen LogP contribution in [-0.4, -0.2) is 67.5 Å². The van der Waals surface area contributed by atoms with Gasteiger partial charge in [0.25, 0.3) is 0 Å². The summed E-state index contributed by atoms with van der Waals surface area (Å²) in [6.45, 7) is 9.78. The fourth-order valence-electron chi connectivity index (χ4n) is 2.31. The fourth-order valence-corrected chi connectivity index (χ4v) is 2.31. The Labute approximate surface area is 162 Å². The third-order valence-electron chi connectivity index (χ3n) is 3.75. The van der Waals surface area contributed by atoms with E-state index in [1.54, 1.807) is 7.05 Å². The Morgan fingerprint density at radius 2 is 1.93 bits per heavy atom. The number of aliphatic hydroxyl groups excluding tert-OH is 1. The molecule has 0 fully saturated rings. The second kappa shape index (κ2) is 11.4. The van der Waals surface area contributed by atoms with Gasteiger partial charge in [-0.3, -0.25) is 4.99 Å². The number of ether oxygens (including phenoxy) is 1. The highest BCUT2D eigenvalue weighted by Gasteiger charge is 2.19. The number of carbonyl (C=O) groups excluding carboxylic acids is 1. The lowest BCUT2D eigenvalue weighted by Crippen LogP contribution is -2.43. The van der Waals surface area contributed by atoms with Gasteiger partial charge in [0.2, 0.25) is 0 Å². The lowest BCUT2D eigenvalue weighted by Gasteiger charge is -2.25. The van der Waals surface area contributed by atoms with Crippen molar-refractivity contribution in [2.75, 3.05) is 39.8 Å². The van der Waals surface area contributed by atoms with E-state index >= 15 is 0 Å². The van der Waals surface area contributed by atoms with E-state index in [2.05, 4.69) is 15.6 Å². The van der Waals surface area contributed by atoms with Crippen LogP contribution < -0.4 is 10.6 Å². The summed E-state index contributed by atoms with van der Waals surface area (Å²) in [5.41, 5.74) is 0.551. The molecule has 0 saturated carbocycles. The second-order valence-electron chi connectivity index (χ2n) is 7.34. The molecule has 0 spiro atoms. The average Bonchev–Trinajstić information content (AvgIpc) is 2.61. The van der Waals surface area contributed by atoms with Crippen molar-refractivity contribution in [2.24, 2.45) is 4.99 Å². The largest absolute Gasteiger partial charge is 0.444 e. The summed E-state index contributed by atoms with van der Waals surface area (Å²) in [5, 5.41) is 16.0. The lowest BCUT2D eigenvalue weighted by atomic mass is 10.0. The summed E-state index contributed by atoms with van der Waals surface area (Å²) in [6.07, 6.45) is -0.351. The molecule has 0 aromatic heterocycles. The highest BCUT2D eigenvalue weighted by Crippen LogP contribution is 2.14. The quantitative estimate of drug-likeness (QED) is 0.477. The second-order valence-corrected chi connectivity index (χ2v) is 7.34. The molecule has 0 radical (unpaired) electrons. The van der Waals surface area contributed by atoms with Gasteiger partial charge in [-0.2, -0.15) is 0 Å². The van der Waals surface area contributed by atoms with Crippen LogP contribution in [0.1, 0.15) is 39.2 Å². The number of hydrogen-bond acceptors (Lipinski definition) is 4. The summed E-state index contributed by atoms with van der Waals surface area (Å²) in [6, 6.07) is 9.85. The van der Waals surface area contributed by atoms with Crippen LogP contribution in [0.15, 0.2) is 35.3 Å². The molecule has 0 bridgehead atoms. The van der Waals surface area contributed by atoms with E-state index in [0.29, 0.717) is 25.6 Å². The van der Waals surface area contributed by atoms with Crippen molar-refractivity contribution in [1.29, 1.82) is 0 Å². The van der Waals surface area contributed by atoms with Crippen molar-refractivity contribution in [3.63, 3.8) is 0 Å². The lowest BCUT2D eigenvalue weighted by molar-refractivity contribution is 0.0302. The standard InChI is InChI=1S/C20H34N4O3/c1-6-21-18(22-12-13-24(5)19(26)27-20(2,3)4)23-14-17(15-25)16-10-8-7-9-11-16/h7-11,17,25H,6,12-15H2,1-5H3,(H2,21,22,23). The maximum Gasteiger partial charge on any atom is 0.410 e. The molecule has 1 aromatic carbocycles. The van der Waals surface area contributed by atoms with Gasteiger partial charge in [-0.1, -0.05) is 30.3 Å². The van der Waals surface area contributed by atoms with Gasteiger partial charge in [-0.05, 0) is 33.3 Å². The molecule has 7 heteroatoms. The Morgan fingerprint density at radius 1 is 1.26 bits per heavy atom. The molecule has 0 heterocycles. The SMILES string of the molecule is CCNC(=NCC(CO)c1ccccc1)NCCN(C)C(=O)OC(C)(C)C. The van der Waals surface area contributed by atoms with Gasteiger partial charge >= 0.3 is 6.09 Å². The first kappa shape index (κ1) is 22.8. The first-order valence-corrected chi connectivity index (χ1v) is 9.39. The van der Waals surface area contributed by atoms with Crippen molar-refractivity contribution < 1.29 is 14.6 Å². The normalized spacial score (nSPS) is 13.0. The Kier molecular flexibility index (Phi) is 9.64. The predicted octanol–water partition coefficient (Wildman–Crippen LogP) is 2.18. The highest BCUT2D eigenvalue weighted by atomic mass is 16.6. The first-order chi connectivity index (χ1) is 12.8. The van der Waals surface area contributed by atoms with E-state index in [1.165, 1.54) is 4.90 Å². The molecular formula is C20H34N4O3. The maximum atomic E-state index is 12.0. The Balaban J connectivity index is 2.55.